The van der Waals surface area contributed by atoms with Crippen LogP contribution in [0.4, 0.5) is 8.78 Å². The summed E-state index contributed by atoms with van der Waals surface area (Å²) in [5.74, 6) is -1.28. The number of nitrogens with zero attached hydrogens (tertiary/aromatic N) is 2. The Hall–Kier alpha value is -2.66. The topological polar surface area (TPSA) is 37.8 Å². The third kappa shape index (κ3) is 3.03. The number of halogens is 2. The van der Waals surface area contributed by atoms with Crippen LogP contribution in [0.3, 0.4) is 0 Å². The summed E-state index contributed by atoms with van der Waals surface area (Å²) >= 11 is 0. The molecule has 0 radical (unpaired) electrons. The number of hydrogen-bond donors (Lipinski definition) is 1. The summed E-state index contributed by atoms with van der Waals surface area (Å²) in [7, 11) is 0. The molecule has 5 heteroatoms. The molecule has 0 fully saturated rings. The average molecular weight is 337 g/mol. The first kappa shape index (κ1) is 15.8. The van der Waals surface area contributed by atoms with E-state index in [1.807, 2.05) is 30.3 Å². The van der Waals surface area contributed by atoms with Gasteiger partial charge in [0.25, 0.3) is 0 Å². The van der Waals surface area contributed by atoms with Crippen LogP contribution < -0.4 is 5.32 Å². The average Bonchev–Trinajstić information content (AvgIpc) is 2.84. The van der Waals surface area contributed by atoms with Gasteiger partial charge in [-0.05, 0) is 54.4 Å². The molecule has 0 spiro atoms. The van der Waals surface area contributed by atoms with Crippen molar-refractivity contribution >= 4 is 0 Å². The molecule has 1 atom stereocenters. The molecule has 3 nitrogen and oxygen atoms in total. The largest absolute Gasteiger partial charge is 0.313 e. The van der Waals surface area contributed by atoms with Crippen molar-refractivity contribution < 1.29 is 8.78 Å². The summed E-state index contributed by atoms with van der Waals surface area (Å²) in [6, 6.07) is 13.7. The van der Waals surface area contributed by atoms with Gasteiger partial charge in [-0.15, -0.1) is 0 Å². The fourth-order valence-corrected chi connectivity index (χ4v) is 3.48. The number of hydrogen-bond acceptors (Lipinski definition) is 3. The second kappa shape index (κ2) is 6.69. The normalized spacial score (nSPS) is 17.0. The first-order valence-electron chi connectivity index (χ1n) is 8.29. The maximum absolute atomic E-state index is 14.3. The van der Waals surface area contributed by atoms with Crippen LogP contribution in [0.2, 0.25) is 0 Å². The molecule has 0 saturated carbocycles. The lowest BCUT2D eigenvalue weighted by Crippen LogP contribution is -2.13. The van der Waals surface area contributed by atoms with Gasteiger partial charge in [-0.3, -0.25) is 0 Å². The predicted octanol–water partition coefficient (Wildman–Crippen LogP) is 4.05. The van der Waals surface area contributed by atoms with Crippen LogP contribution in [-0.4, -0.2) is 16.7 Å². The number of benzene rings is 2. The van der Waals surface area contributed by atoms with Gasteiger partial charge < -0.3 is 5.32 Å². The summed E-state index contributed by atoms with van der Waals surface area (Å²) in [6.07, 6.45) is 2.28. The van der Waals surface area contributed by atoms with Crippen LogP contribution in [0.5, 0.6) is 0 Å². The van der Waals surface area contributed by atoms with Gasteiger partial charge in [0.05, 0.1) is 5.69 Å². The van der Waals surface area contributed by atoms with E-state index < -0.39 is 11.6 Å². The predicted molar refractivity (Wildman–Crippen MR) is 92.0 cm³/mol. The molecular formula is C20H17F2N3. The zero-order valence-corrected chi connectivity index (χ0v) is 13.5. The molecule has 126 valence electrons. The van der Waals surface area contributed by atoms with Gasteiger partial charge in [0.1, 0.15) is 11.6 Å². The van der Waals surface area contributed by atoms with Gasteiger partial charge >= 0.3 is 0 Å². The molecule has 0 saturated heterocycles. The summed E-state index contributed by atoms with van der Waals surface area (Å²) in [6.45, 7) is 1.36. The first-order valence-corrected chi connectivity index (χ1v) is 8.29. The Balaban J connectivity index is 1.81. The van der Waals surface area contributed by atoms with Gasteiger partial charge in [-0.25, -0.2) is 8.78 Å². The van der Waals surface area contributed by atoms with Crippen LogP contribution in [0.25, 0.3) is 11.3 Å². The molecule has 4 rings (SSSR count). The van der Waals surface area contributed by atoms with E-state index in [0.717, 1.165) is 22.4 Å². The quantitative estimate of drug-likeness (QED) is 0.767. The number of nitrogens with one attached hydrogen (secondary N) is 1. The van der Waals surface area contributed by atoms with Crippen molar-refractivity contribution in [1.29, 1.82) is 0 Å². The summed E-state index contributed by atoms with van der Waals surface area (Å²) in [4.78, 5) is 0. The molecule has 25 heavy (non-hydrogen) atoms. The van der Waals surface area contributed by atoms with Crippen molar-refractivity contribution in [3.8, 4) is 11.3 Å². The second-order valence-electron chi connectivity index (χ2n) is 6.18. The van der Waals surface area contributed by atoms with E-state index in [9.17, 15) is 8.78 Å². The smallest absolute Gasteiger partial charge is 0.129 e. The van der Waals surface area contributed by atoms with Gasteiger partial charge in [0.15, 0.2) is 0 Å². The molecule has 1 N–H and O–H groups in total. The first-order chi connectivity index (χ1) is 12.2. The molecule has 1 aliphatic heterocycles. The Morgan fingerprint density at radius 1 is 1.00 bits per heavy atom. The van der Waals surface area contributed by atoms with Crippen molar-refractivity contribution in [2.24, 2.45) is 0 Å². The van der Waals surface area contributed by atoms with E-state index in [0.29, 0.717) is 19.5 Å². The summed E-state index contributed by atoms with van der Waals surface area (Å²) in [5, 5.41) is 11.4. The highest BCUT2D eigenvalue weighted by atomic mass is 19.1. The molecule has 2 heterocycles. The van der Waals surface area contributed by atoms with Gasteiger partial charge in [0, 0.05) is 29.8 Å². The van der Waals surface area contributed by atoms with Crippen molar-refractivity contribution in [1.82, 2.24) is 15.5 Å². The van der Waals surface area contributed by atoms with Crippen LogP contribution in [0.1, 0.15) is 29.0 Å². The van der Waals surface area contributed by atoms with E-state index in [1.54, 1.807) is 6.20 Å². The third-order valence-corrected chi connectivity index (χ3v) is 4.66. The fraction of sp³-hybridized carbons (Fsp3) is 0.200. The Bertz CT molecular complexity index is 876. The molecule has 0 amide bonds. The number of aromatic nitrogens is 2. The minimum absolute atomic E-state index is 0.153. The van der Waals surface area contributed by atoms with E-state index in [2.05, 4.69) is 15.5 Å². The zero-order valence-electron chi connectivity index (χ0n) is 13.5. The van der Waals surface area contributed by atoms with Crippen LogP contribution in [0, 0.1) is 11.6 Å². The molecule has 1 aliphatic rings. The van der Waals surface area contributed by atoms with Crippen LogP contribution >= 0.6 is 0 Å². The fourth-order valence-electron chi connectivity index (χ4n) is 3.48. The van der Waals surface area contributed by atoms with E-state index in [1.165, 1.54) is 18.2 Å². The molecule has 0 aliphatic carbocycles. The number of rotatable bonds is 2. The Morgan fingerprint density at radius 3 is 2.60 bits per heavy atom. The second-order valence-corrected chi connectivity index (χ2v) is 6.18. The highest BCUT2D eigenvalue weighted by Crippen LogP contribution is 2.36. The molecule has 3 aromatic rings. The summed E-state index contributed by atoms with van der Waals surface area (Å²) in [5.41, 5.74) is 3.88. The van der Waals surface area contributed by atoms with Crippen LogP contribution in [0.15, 0.2) is 54.7 Å². The summed E-state index contributed by atoms with van der Waals surface area (Å²) < 4.78 is 28.7. The van der Waals surface area contributed by atoms with Crippen molar-refractivity contribution in [2.75, 3.05) is 6.54 Å². The highest BCUT2D eigenvalue weighted by Gasteiger charge is 2.25. The lowest BCUT2D eigenvalue weighted by Gasteiger charge is -2.19. The lowest BCUT2D eigenvalue weighted by atomic mass is 9.85. The van der Waals surface area contributed by atoms with Gasteiger partial charge in [-0.1, -0.05) is 18.2 Å². The standard InChI is InChI=1S/C20H17F2N3/c21-17-3-1-4-18(22)20(17)16-8-10-23-12-14-11-13(6-7-15(14)16)19-5-2-9-24-25-19/h1-7,9,11,16,23H,8,10,12H2. The van der Waals surface area contributed by atoms with Gasteiger partial charge in [-0.2, -0.15) is 10.2 Å². The monoisotopic (exact) mass is 337 g/mol. The van der Waals surface area contributed by atoms with Crippen molar-refractivity contribution in [2.45, 2.75) is 18.9 Å². The van der Waals surface area contributed by atoms with Crippen molar-refractivity contribution in [3.05, 3.63) is 83.1 Å². The molecule has 1 unspecified atom stereocenters. The minimum atomic E-state index is -0.490. The van der Waals surface area contributed by atoms with E-state index in [-0.39, 0.29) is 11.5 Å². The highest BCUT2D eigenvalue weighted by molar-refractivity contribution is 5.61. The molecule has 2 aromatic carbocycles. The molecule has 1 aromatic heterocycles. The maximum atomic E-state index is 14.3. The maximum Gasteiger partial charge on any atom is 0.129 e. The number of fused-ring (bicyclic) bond motifs is 1. The van der Waals surface area contributed by atoms with E-state index >= 15 is 0 Å². The zero-order chi connectivity index (χ0) is 17.2. The minimum Gasteiger partial charge on any atom is -0.313 e. The van der Waals surface area contributed by atoms with Crippen molar-refractivity contribution in [3.63, 3.8) is 0 Å². The van der Waals surface area contributed by atoms with Gasteiger partial charge in [0.2, 0.25) is 0 Å². The molecule has 0 bridgehead atoms. The Labute approximate surface area is 144 Å². The molecular weight excluding hydrogens is 320 g/mol. The lowest BCUT2D eigenvalue weighted by molar-refractivity contribution is 0.528. The van der Waals surface area contributed by atoms with Crippen LogP contribution in [-0.2, 0) is 6.54 Å². The SMILES string of the molecule is Fc1cccc(F)c1C1CCNCc2cc(-c3cccnn3)ccc21. The Morgan fingerprint density at radius 2 is 1.84 bits per heavy atom. The Kier molecular flexibility index (Phi) is 4.24. The third-order valence-electron chi connectivity index (χ3n) is 4.66. The van der Waals surface area contributed by atoms with E-state index in [4.69, 9.17) is 0 Å².